The second-order valence-corrected chi connectivity index (χ2v) is 6.35. The molecule has 7 heteroatoms. The first-order chi connectivity index (χ1) is 9.03. The van der Waals surface area contributed by atoms with Gasteiger partial charge in [0.25, 0.3) is 0 Å². The second kappa shape index (κ2) is 5.66. The maximum Gasteiger partial charge on any atom is 0.237 e. The van der Waals surface area contributed by atoms with E-state index in [1.54, 1.807) is 18.5 Å². The average molecular weight is 284 g/mol. The number of carbonyl (C=O) groups is 1. The molecule has 1 amide bonds. The molecular weight excluding hydrogens is 268 g/mol. The SMILES string of the molecule is COCCS(=O)(=O)NC(=O)C1CC1c1cccnc1. The standard InChI is InChI=1S/C12H16N2O4S/c1-18-5-6-19(16,17)14-12(15)11-7-10(11)9-3-2-4-13-8-9/h2-4,8,10-11H,5-7H2,1H3,(H,14,15). The molecule has 0 bridgehead atoms. The van der Waals surface area contributed by atoms with Crippen LogP contribution in [0.1, 0.15) is 17.9 Å². The predicted octanol–water partition coefficient (Wildman–Crippen LogP) is 0.277. The van der Waals surface area contributed by atoms with Crippen LogP contribution in [0.5, 0.6) is 0 Å². The molecule has 1 aromatic heterocycles. The van der Waals surface area contributed by atoms with E-state index >= 15 is 0 Å². The lowest BCUT2D eigenvalue weighted by atomic mass is 10.1. The molecule has 1 saturated carbocycles. The van der Waals surface area contributed by atoms with Crippen molar-refractivity contribution >= 4 is 15.9 Å². The molecule has 0 radical (unpaired) electrons. The Kier molecular flexibility index (Phi) is 4.16. The summed E-state index contributed by atoms with van der Waals surface area (Å²) in [5.74, 6) is -0.850. The highest BCUT2D eigenvalue weighted by molar-refractivity contribution is 7.90. The molecule has 1 heterocycles. The Hall–Kier alpha value is -1.47. The average Bonchev–Trinajstić information content (AvgIpc) is 3.17. The van der Waals surface area contributed by atoms with E-state index in [1.165, 1.54) is 7.11 Å². The number of amides is 1. The number of pyridine rings is 1. The topological polar surface area (TPSA) is 85.4 Å². The molecule has 6 nitrogen and oxygen atoms in total. The van der Waals surface area contributed by atoms with Crippen LogP contribution in [0.3, 0.4) is 0 Å². The molecule has 2 rings (SSSR count). The summed E-state index contributed by atoms with van der Waals surface area (Å²) in [6.45, 7) is 0.0688. The molecule has 2 atom stereocenters. The minimum atomic E-state index is -3.59. The first-order valence-electron chi connectivity index (χ1n) is 5.96. The molecule has 1 fully saturated rings. The molecule has 1 aliphatic rings. The van der Waals surface area contributed by atoms with Crippen molar-refractivity contribution in [3.63, 3.8) is 0 Å². The van der Waals surface area contributed by atoms with Crippen LogP contribution in [0.4, 0.5) is 0 Å². The van der Waals surface area contributed by atoms with Crippen LogP contribution >= 0.6 is 0 Å². The van der Waals surface area contributed by atoms with Gasteiger partial charge >= 0.3 is 0 Å². The minimum Gasteiger partial charge on any atom is -0.384 e. The van der Waals surface area contributed by atoms with E-state index in [0.717, 1.165) is 5.56 Å². The smallest absolute Gasteiger partial charge is 0.237 e. The quantitative estimate of drug-likeness (QED) is 0.811. The Morgan fingerprint density at radius 3 is 3.00 bits per heavy atom. The first kappa shape index (κ1) is 14.0. The van der Waals surface area contributed by atoms with Crippen LogP contribution in [-0.2, 0) is 19.6 Å². The van der Waals surface area contributed by atoms with Crippen LogP contribution < -0.4 is 4.72 Å². The highest BCUT2D eigenvalue weighted by Gasteiger charge is 2.45. The third kappa shape index (κ3) is 3.74. The molecule has 1 N–H and O–H groups in total. The van der Waals surface area contributed by atoms with Crippen LogP contribution in [0, 0.1) is 5.92 Å². The van der Waals surface area contributed by atoms with Gasteiger partial charge in [-0.2, -0.15) is 0 Å². The van der Waals surface area contributed by atoms with Gasteiger partial charge in [-0.25, -0.2) is 8.42 Å². The predicted molar refractivity (Wildman–Crippen MR) is 68.9 cm³/mol. The lowest BCUT2D eigenvalue weighted by molar-refractivity contribution is -0.120. The number of carbonyl (C=O) groups excluding carboxylic acids is 1. The number of rotatable bonds is 6. The number of aromatic nitrogens is 1. The van der Waals surface area contributed by atoms with Crippen molar-refractivity contribution in [2.24, 2.45) is 5.92 Å². The molecule has 104 valence electrons. The number of sulfonamides is 1. The fraction of sp³-hybridized carbons (Fsp3) is 0.500. The lowest BCUT2D eigenvalue weighted by Crippen LogP contribution is -2.35. The van der Waals surface area contributed by atoms with E-state index in [1.807, 2.05) is 6.07 Å². The molecule has 0 saturated heterocycles. The summed E-state index contributed by atoms with van der Waals surface area (Å²) in [5, 5.41) is 0. The summed E-state index contributed by atoms with van der Waals surface area (Å²) in [5.41, 5.74) is 0.969. The number of ether oxygens (including phenoxy) is 1. The maximum atomic E-state index is 11.8. The number of nitrogens with zero attached hydrogens (tertiary/aromatic N) is 1. The summed E-state index contributed by atoms with van der Waals surface area (Å²) in [7, 11) is -2.18. The number of nitrogens with one attached hydrogen (secondary N) is 1. The third-order valence-electron chi connectivity index (χ3n) is 3.05. The lowest BCUT2D eigenvalue weighted by Gasteiger charge is -2.06. The van der Waals surface area contributed by atoms with Gasteiger partial charge in [0.2, 0.25) is 15.9 Å². The summed E-state index contributed by atoms with van der Waals surface area (Å²) >= 11 is 0. The molecule has 19 heavy (non-hydrogen) atoms. The number of hydrogen-bond donors (Lipinski definition) is 1. The largest absolute Gasteiger partial charge is 0.384 e. The van der Waals surface area contributed by atoms with E-state index in [0.29, 0.717) is 6.42 Å². The maximum absolute atomic E-state index is 11.8. The monoisotopic (exact) mass is 284 g/mol. The van der Waals surface area contributed by atoms with Crippen molar-refractivity contribution in [2.75, 3.05) is 19.5 Å². The zero-order chi connectivity index (χ0) is 13.9. The molecule has 1 aromatic rings. The van der Waals surface area contributed by atoms with Gasteiger partial charge in [-0.05, 0) is 24.0 Å². The Bertz CT molecular complexity index is 544. The third-order valence-corrected chi connectivity index (χ3v) is 4.27. The molecule has 0 aliphatic heterocycles. The van der Waals surface area contributed by atoms with Crippen LogP contribution in [0.2, 0.25) is 0 Å². The van der Waals surface area contributed by atoms with Gasteiger partial charge < -0.3 is 4.74 Å². The van der Waals surface area contributed by atoms with E-state index in [2.05, 4.69) is 14.4 Å². The molecule has 1 aliphatic carbocycles. The molecule has 0 spiro atoms. The van der Waals surface area contributed by atoms with Gasteiger partial charge in [-0.3, -0.25) is 14.5 Å². The normalized spacial score (nSPS) is 21.9. The summed E-state index contributed by atoms with van der Waals surface area (Å²) in [6.07, 6.45) is 4.03. The zero-order valence-electron chi connectivity index (χ0n) is 10.6. The molecule has 0 aromatic carbocycles. The summed E-state index contributed by atoms with van der Waals surface area (Å²) in [6, 6.07) is 3.70. The van der Waals surface area contributed by atoms with Crippen LogP contribution in [0.25, 0.3) is 0 Å². The Balaban J connectivity index is 1.90. The Morgan fingerprint density at radius 1 is 1.58 bits per heavy atom. The van der Waals surface area contributed by atoms with Crippen molar-refractivity contribution in [3.05, 3.63) is 30.1 Å². The van der Waals surface area contributed by atoms with Gasteiger partial charge in [-0.15, -0.1) is 0 Å². The number of methoxy groups -OCH3 is 1. The van der Waals surface area contributed by atoms with Gasteiger partial charge in [0.15, 0.2) is 0 Å². The summed E-state index contributed by atoms with van der Waals surface area (Å²) < 4.78 is 29.9. The molecular formula is C12H16N2O4S. The van der Waals surface area contributed by atoms with Gasteiger partial charge in [-0.1, -0.05) is 6.07 Å². The van der Waals surface area contributed by atoms with E-state index in [4.69, 9.17) is 0 Å². The van der Waals surface area contributed by atoms with E-state index in [-0.39, 0.29) is 24.2 Å². The highest BCUT2D eigenvalue weighted by Crippen LogP contribution is 2.47. The number of hydrogen-bond acceptors (Lipinski definition) is 5. The minimum absolute atomic E-state index is 0.0688. The fourth-order valence-electron chi connectivity index (χ4n) is 1.92. The van der Waals surface area contributed by atoms with Crippen molar-refractivity contribution in [1.29, 1.82) is 0 Å². The van der Waals surface area contributed by atoms with Crippen LogP contribution in [-0.4, -0.2) is 38.8 Å². The van der Waals surface area contributed by atoms with Gasteiger partial charge in [0, 0.05) is 25.4 Å². The van der Waals surface area contributed by atoms with Crippen molar-refractivity contribution in [3.8, 4) is 0 Å². The molecule has 2 unspecified atom stereocenters. The van der Waals surface area contributed by atoms with Gasteiger partial charge in [0.05, 0.1) is 12.4 Å². The first-order valence-corrected chi connectivity index (χ1v) is 7.62. The van der Waals surface area contributed by atoms with E-state index < -0.39 is 15.9 Å². The fourth-order valence-corrected chi connectivity index (χ4v) is 2.87. The van der Waals surface area contributed by atoms with Crippen molar-refractivity contribution in [1.82, 2.24) is 9.71 Å². The van der Waals surface area contributed by atoms with Crippen LogP contribution in [0.15, 0.2) is 24.5 Å². The van der Waals surface area contributed by atoms with Crippen molar-refractivity contribution < 1.29 is 17.9 Å². The van der Waals surface area contributed by atoms with Crippen molar-refractivity contribution in [2.45, 2.75) is 12.3 Å². The van der Waals surface area contributed by atoms with Gasteiger partial charge in [0.1, 0.15) is 0 Å². The summed E-state index contributed by atoms with van der Waals surface area (Å²) in [4.78, 5) is 15.8. The zero-order valence-corrected chi connectivity index (χ0v) is 11.4. The Labute approximate surface area is 112 Å². The second-order valence-electron chi connectivity index (χ2n) is 4.51. The van der Waals surface area contributed by atoms with E-state index in [9.17, 15) is 13.2 Å². The highest BCUT2D eigenvalue weighted by atomic mass is 32.2. The Morgan fingerprint density at radius 2 is 2.37 bits per heavy atom.